The Kier molecular flexibility index (Phi) is 4.76. The van der Waals surface area contributed by atoms with Gasteiger partial charge in [-0.25, -0.2) is 34.1 Å². The van der Waals surface area contributed by atoms with E-state index in [1.165, 1.54) is 23.9 Å². The summed E-state index contributed by atoms with van der Waals surface area (Å²) in [7, 11) is 0. The highest BCUT2D eigenvalue weighted by atomic mass is 32.1. The summed E-state index contributed by atoms with van der Waals surface area (Å²) in [6.07, 6.45) is 6.06. The largest absolute Gasteiger partial charge is 0.465 e. The van der Waals surface area contributed by atoms with Gasteiger partial charge in [-0.15, -0.1) is 0 Å². The van der Waals surface area contributed by atoms with E-state index in [1.807, 2.05) is 4.57 Å². The van der Waals surface area contributed by atoms with Gasteiger partial charge in [0, 0.05) is 25.4 Å². The SMILES string of the molecule is O=C(O)NCCn1cnc2cnc(Nc3ncc(-c4ncncc4F)s3)cc21. The lowest BCUT2D eigenvalue weighted by molar-refractivity contribution is 0.194. The summed E-state index contributed by atoms with van der Waals surface area (Å²) in [5.74, 6) is 0.0145. The van der Waals surface area contributed by atoms with E-state index in [-0.39, 0.29) is 12.2 Å². The Hall–Kier alpha value is -3.67. The number of nitrogens with zero attached hydrogens (tertiary/aromatic N) is 6. The minimum atomic E-state index is -1.08. The highest BCUT2D eigenvalue weighted by molar-refractivity contribution is 7.18. The van der Waals surface area contributed by atoms with Gasteiger partial charge in [0.2, 0.25) is 0 Å². The molecule has 0 saturated carbocycles. The lowest BCUT2D eigenvalue weighted by Gasteiger charge is -2.06. The molecule has 0 saturated heterocycles. The van der Waals surface area contributed by atoms with Gasteiger partial charge in [0.1, 0.15) is 23.4 Å². The molecule has 142 valence electrons. The maximum absolute atomic E-state index is 13.8. The standard InChI is InChI=1S/C16H13FN8O2S/c17-9-4-18-7-22-14(9)12-6-21-15(28-12)24-13-3-11-10(5-20-13)23-8-25(11)2-1-19-16(26)27/h3-8,19H,1-2H2,(H,26,27)(H,20,21,24). The van der Waals surface area contributed by atoms with E-state index < -0.39 is 11.9 Å². The molecule has 0 fully saturated rings. The van der Waals surface area contributed by atoms with Gasteiger partial charge in [0.15, 0.2) is 10.9 Å². The minimum absolute atomic E-state index is 0.188. The van der Waals surface area contributed by atoms with E-state index in [9.17, 15) is 9.18 Å². The average Bonchev–Trinajstić information content (AvgIpc) is 3.29. The second-order valence-electron chi connectivity index (χ2n) is 5.60. The fourth-order valence-corrected chi connectivity index (χ4v) is 3.36. The molecule has 3 N–H and O–H groups in total. The monoisotopic (exact) mass is 400 g/mol. The summed E-state index contributed by atoms with van der Waals surface area (Å²) < 4.78 is 15.6. The number of halogens is 1. The number of fused-ring (bicyclic) bond motifs is 1. The lowest BCUT2D eigenvalue weighted by Crippen LogP contribution is -2.24. The van der Waals surface area contributed by atoms with Crippen molar-refractivity contribution in [1.29, 1.82) is 0 Å². The van der Waals surface area contributed by atoms with Crippen LogP contribution in [0.25, 0.3) is 21.6 Å². The maximum atomic E-state index is 13.8. The molecule has 0 unspecified atom stereocenters. The summed E-state index contributed by atoms with van der Waals surface area (Å²) in [5.41, 5.74) is 1.67. The van der Waals surface area contributed by atoms with Gasteiger partial charge >= 0.3 is 6.09 Å². The zero-order valence-corrected chi connectivity index (χ0v) is 15.0. The lowest BCUT2D eigenvalue weighted by atomic mass is 10.3. The van der Waals surface area contributed by atoms with Crippen molar-refractivity contribution in [3.63, 3.8) is 0 Å². The Morgan fingerprint density at radius 1 is 1.21 bits per heavy atom. The predicted octanol–water partition coefficient (Wildman–Crippen LogP) is 2.50. The smallest absolute Gasteiger partial charge is 0.404 e. The van der Waals surface area contributed by atoms with Gasteiger partial charge in [0.05, 0.1) is 29.1 Å². The van der Waals surface area contributed by atoms with Crippen LogP contribution in [0, 0.1) is 5.82 Å². The summed E-state index contributed by atoms with van der Waals surface area (Å²) in [4.78, 5) is 31.5. The number of anilines is 2. The highest BCUT2D eigenvalue weighted by Gasteiger charge is 2.12. The first-order valence-electron chi connectivity index (χ1n) is 8.06. The molecule has 0 radical (unpaired) electrons. The summed E-state index contributed by atoms with van der Waals surface area (Å²) >= 11 is 1.23. The van der Waals surface area contributed by atoms with Crippen molar-refractivity contribution in [2.45, 2.75) is 6.54 Å². The molecule has 0 aliphatic heterocycles. The average molecular weight is 400 g/mol. The van der Waals surface area contributed by atoms with Crippen molar-refractivity contribution >= 4 is 39.4 Å². The Labute approximate surface area is 161 Å². The van der Waals surface area contributed by atoms with Gasteiger partial charge in [-0.05, 0) is 0 Å². The predicted molar refractivity (Wildman–Crippen MR) is 99.9 cm³/mol. The fraction of sp³-hybridized carbons (Fsp3) is 0.125. The molecule has 0 aliphatic rings. The maximum Gasteiger partial charge on any atom is 0.404 e. The molecule has 4 aromatic heterocycles. The normalized spacial score (nSPS) is 10.9. The van der Waals surface area contributed by atoms with E-state index in [0.717, 1.165) is 11.7 Å². The molecule has 0 aliphatic carbocycles. The van der Waals surface area contributed by atoms with Crippen LogP contribution >= 0.6 is 11.3 Å². The van der Waals surface area contributed by atoms with Gasteiger partial charge in [-0.2, -0.15) is 0 Å². The van der Waals surface area contributed by atoms with Crippen LogP contribution in [-0.2, 0) is 6.54 Å². The van der Waals surface area contributed by atoms with Crippen molar-refractivity contribution in [2.75, 3.05) is 11.9 Å². The van der Waals surface area contributed by atoms with E-state index >= 15 is 0 Å². The third-order valence-corrected chi connectivity index (χ3v) is 4.70. The van der Waals surface area contributed by atoms with Gasteiger partial charge in [0.25, 0.3) is 0 Å². The zero-order valence-electron chi connectivity index (χ0n) is 14.2. The first-order valence-corrected chi connectivity index (χ1v) is 8.88. The third kappa shape index (κ3) is 3.71. The molecule has 12 heteroatoms. The van der Waals surface area contributed by atoms with Gasteiger partial charge < -0.3 is 20.3 Å². The molecule has 10 nitrogen and oxygen atoms in total. The van der Waals surface area contributed by atoms with Crippen LogP contribution in [0.15, 0.2) is 37.3 Å². The number of carbonyl (C=O) groups is 1. The Bertz CT molecular complexity index is 1140. The van der Waals surface area contributed by atoms with Crippen molar-refractivity contribution in [3.05, 3.63) is 43.1 Å². The van der Waals surface area contributed by atoms with Crippen LogP contribution in [-0.4, -0.2) is 47.2 Å². The van der Waals surface area contributed by atoms with Crippen LogP contribution in [0.4, 0.5) is 20.1 Å². The second-order valence-corrected chi connectivity index (χ2v) is 6.63. The Balaban J connectivity index is 1.53. The first-order chi connectivity index (χ1) is 13.6. The van der Waals surface area contributed by atoms with Crippen LogP contribution in [0.1, 0.15) is 0 Å². The number of nitrogens with one attached hydrogen (secondary N) is 2. The summed E-state index contributed by atoms with van der Waals surface area (Å²) in [6.45, 7) is 0.687. The molecule has 0 atom stereocenters. The fourth-order valence-electron chi connectivity index (χ4n) is 2.54. The number of rotatable bonds is 6. The van der Waals surface area contributed by atoms with Crippen molar-refractivity contribution in [2.24, 2.45) is 0 Å². The quantitative estimate of drug-likeness (QED) is 0.450. The van der Waals surface area contributed by atoms with E-state index in [1.54, 1.807) is 18.6 Å². The van der Waals surface area contributed by atoms with Crippen LogP contribution in [0.2, 0.25) is 0 Å². The van der Waals surface area contributed by atoms with Crippen LogP contribution in [0.3, 0.4) is 0 Å². The molecule has 0 spiro atoms. The molecule has 4 heterocycles. The molecule has 4 aromatic rings. The number of aromatic nitrogens is 6. The van der Waals surface area contributed by atoms with E-state index in [2.05, 4.69) is 35.6 Å². The molecule has 0 aromatic carbocycles. The van der Waals surface area contributed by atoms with Crippen molar-refractivity contribution in [3.8, 4) is 10.6 Å². The molecular formula is C16H13FN8O2S. The molecule has 1 amide bonds. The number of amides is 1. The van der Waals surface area contributed by atoms with Crippen molar-refractivity contribution < 1.29 is 14.3 Å². The first kappa shape index (κ1) is 17.7. The number of thiazole rings is 1. The molecule has 4 rings (SSSR count). The molecule has 28 heavy (non-hydrogen) atoms. The van der Waals surface area contributed by atoms with Crippen molar-refractivity contribution in [1.82, 2.24) is 34.8 Å². The molecule has 0 bridgehead atoms. The Morgan fingerprint density at radius 2 is 2.11 bits per heavy atom. The number of imidazole rings is 1. The number of hydrogen-bond acceptors (Lipinski definition) is 8. The molecular weight excluding hydrogens is 387 g/mol. The summed E-state index contributed by atoms with van der Waals surface area (Å²) in [5, 5.41) is 14.6. The summed E-state index contributed by atoms with van der Waals surface area (Å²) in [6, 6.07) is 1.79. The van der Waals surface area contributed by atoms with Crippen LogP contribution < -0.4 is 10.6 Å². The van der Waals surface area contributed by atoms with E-state index in [4.69, 9.17) is 5.11 Å². The highest BCUT2D eigenvalue weighted by Crippen LogP contribution is 2.30. The zero-order chi connectivity index (χ0) is 19.5. The Morgan fingerprint density at radius 3 is 2.93 bits per heavy atom. The number of hydrogen-bond donors (Lipinski definition) is 3. The third-order valence-electron chi connectivity index (χ3n) is 3.78. The van der Waals surface area contributed by atoms with Gasteiger partial charge in [-0.3, -0.25) is 0 Å². The van der Waals surface area contributed by atoms with Gasteiger partial charge in [-0.1, -0.05) is 11.3 Å². The van der Waals surface area contributed by atoms with E-state index in [0.29, 0.717) is 27.9 Å². The van der Waals surface area contributed by atoms with Crippen LogP contribution in [0.5, 0.6) is 0 Å². The number of carboxylic acid groups (broad SMARTS) is 1. The topological polar surface area (TPSA) is 131 Å². The minimum Gasteiger partial charge on any atom is -0.465 e. The number of pyridine rings is 1. The second kappa shape index (κ2) is 7.52.